The van der Waals surface area contributed by atoms with Gasteiger partial charge in [-0.2, -0.15) is 5.10 Å². The van der Waals surface area contributed by atoms with E-state index in [0.717, 1.165) is 28.4 Å². The second-order valence-corrected chi connectivity index (χ2v) is 6.56. The number of fused-ring (bicyclic) bond motifs is 1. The van der Waals surface area contributed by atoms with Crippen LogP contribution in [0.5, 0.6) is 0 Å². The van der Waals surface area contributed by atoms with Crippen LogP contribution in [-0.4, -0.2) is 26.8 Å². The summed E-state index contributed by atoms with van der Waals surface area (Å²) in [5.74, 6) is 2.58. The van der Waals surface area contributed by atoms with E-state index in [2.05, 4.69) is 35.8 Å². The van der Waals surface area contributed by atoms with E-state index < -0.39 is 0 Å². The maximum absolute atomic E-state index is 5.43. The van der Waals surface area contributed by atoms with Crippen LogP contribution in [0.15, 0.2) is 29.0 Å². The number of anilines is 1. The fraction of sp³-hybridized carbons (Fsp3) is 0.438. The van der Waals surface area contributed by atoms with Crippen LogP contribution in [0, 0.1) is 0 Å². The predicted octanol–water partition coefficient (Wildman–Crippen LogP) is 2.89. The minimum atomic E-state index is -0.126. The average molecular weight is 299 g/mol. The Bertz CT molecular complexity index is 783. The molecule has 3 aromatic rings. The molecule has 0 bridgehead atoms. The van der Waals surface area contributed by atoms with Crippen LogP contribution >= 0.6 is 0 Å². The minimum Gasteiger partial charge on any atom is -0.467 e. The molecule has 6 heteroatoms. The van der Waals surface area contributed by atoms with Crippen molar-refractivity contribution in [3.63, 3.8) is 0 Å². The number of aryl methyl sites for hydroxylation is 1. The highest BCUT2D eigenvalue weighted by molar-refractivity contribution is 5.86. The van der Waals surface area contributed by atoms with Crippen LogP contribution in [0.1, 0.15) is 32.4 Å². The van der Waals surface area contributed by atoms with Gasteiger partial charge in [0.25, 0.3) is 0 Å². The van der Waals surface area contributed by atoms with Crippen molar-refractivity contribution in [2.45, 2.75) is 32.7 Å². The summed E-state index contributed by atoms with van der Waals surface area (Å²) in [6.07, 6.45) is 3.50. The normalized spacial score (nSPS) is 12.0. The molecule has 0 spiro atoms. The molecule has 3 aromatic heterocycles. The minimum absolute atomic E-state index is 0.126. The quantitative estimate of drug-likeness (QED) is 0.744. The summed E-state index contributed by atoms with van der Waals surface area (Å²) in [4.78, 5) is 11.5. The van der Waals surface area contributed by atoms with Crippen LogP contribution in [0.2, 0.25) is 0 Å². The third-order valence-electron chi connectivity index (χ3n) is 3.58. The fourth-order valence-corrected chi connectivity index (χ4v) is 2.34. The van der Waals surface area contributed by atoms with Crippen molar-refractivity contribution in [3.8, 4) is 0 Å². The number of hydrogen-bond donors (Lipinski definition) is 0. The molecule has 3 rings (SSSR count). The van der Waals surface area contributed by atoms with Gasteiger partial charge in [0.1, 0.15) is 17.4 Å². The van der Waals surface area contributed by atoms with E-state index >= 15 is 0 Å². The summed E-state index contributed by atoms with van der Waals surface area (Å²) in [6.45, 7) is 6.99. The van der Waals surface area contributed by atoms with Crippen molar-refractivity contribution < 1.29 is 4.42 Å². The standard InChI is InChI=1S/C16H21N5O/c1-16(2,3)15-18-13(12-9-17-21(5)14(12)19-15)20(4)10-11-7-6-8-22-11/h6-9H,10H2,1-5H3. The van der Waals surface area contributed by atoms with E-state index in [9.17, 15) is 0 Å². The van der Waals surface area contributed by atoms with Crippen molar-refractivity contribution in [2.75, 3.05) is 11.9 Å². The van der Waals surface area contributed by atoms with Gasteiger partial charge in [-0.25, -0.2) is 9.97 Å². The third kappa shape index (κ3) is 2.56. The Balaban J connectivity index is 2.10. The maximum atomic E-state index is 5.43. The number of furan rings is 1. The topological polar surface area (TPSA) is 60.0 Å². The lowest BCUT2D eigenvalue weighted by molar-refractivity contribution is 0.506. The number of hydrogen-bond acceptors (Lipinski definition) is 5. The summed E-state index contributed by atoms with van der Waals surface area (Å²) >= 11 is 0. The maximum Gasteiger partial charge on any atom is 0.163 e. The molecule has 0 aliphatic carbocycles. The monoisotopic (exact) mass is 299 g/mol. The van der Waals surface area contributed by atoms with Gasteiger partial charge < -0.3 is 9.32 Å². The van der Waals surface area contributed by atoms with E-state index in [1.54, 1.807) is 10.9 Å². The van der Waals surface area contributed by atoms with Gasteiger partial charge in [0.05, 0.1) is 24.4 Å². The van der Waals surface area contributed by atoms with Gasteiger partial charge in [-0.3, -0.25) is 4.68 Å². The van der Waals surface area contributed by atoms with Crippen molar-refractivity contribution in [3.05, 3.63) is 36.2 Å². The van der Waals surface area contributed by atoms with Gasteiger partial charge in [0.15, 0.2) is 5.65 Å². The summed E-state index contributed by atoms with van der Waals surface area (Å²) in [6, 6.07) is 3.85. The van der Waals surface area contributed by atoms with Gasteiger partial charge >= 0.3 is 0 Å². The van der Waals surface area contributed by atoms with Crippen LogP contribution in [0.25, 0.3) is 11.0 Å². The Morgan fingerprint density at radius 2 is 2.05 bits per heavy atom. The van der Waals surface area contributed by atoms with E-state index in [1.165, 1.54) is 0 Å². The van der Waals surface area contributed by atoms with Gasteiger partial charge in [0.2, 0.25) is 0 Å². The third-order valence-corrected chi connectivity index (χ3v) is 3.58. The molecule has 0 fully saturated rings. The van der Waals surface area contributed by atoms with Crippen molar-refractivity contribution >= 4 is 16.9 Å². The van der Waals surface area contributed by atoms with E-state index in [-0.39, 0.29) is 5.41 Å². The first-order valence-electron chi connectivity index (χ1n) is 7.30. The lowest BCUT2D eigenvalue weighted by atomic mass is 9.95. The van der Waals surface area contributed by atoms with Crippen molar-refractivity contribution in [2.24, 2.45) is 7.05 Å². The molecule has 0 aliphatic heterocycles. The lowest BCUT2D eigenvalue weighted by Gasteiger charge is -2.22. The number of aromatic nitrogens is 4. The second kappa shape index (κ2) is 5.12. The van der Waals surface area contributed by atoms with Gasteiger partial charge in [-0.05, 0) is 12.1 Å². The molecule has 0 amide bonds. The molecule has 0 atom stereocenters. The summed E-state index contributed by atoms with van der Waals surface area (Å²) in [5.41, 5.74) is 0.722. The van der Waals surface area contributed by atoms with Crippen LogP contribution in [0.3, 0.4) is 0 Å². The zero-order valence-electron chi connectivity index (χ0n) is 13.7. The first-order chi connectivity index (χ1) is 10.4. The Hall–Kier alpha value is -2.37. The lowest BCUT2D eigenvalue weighted by Crippen LogP contribution is -2.22. The van der Waals surface area contributed by atoms with Gasteiger partial charge in [-0.15, -0.1) is 0 Å². The zero-order chi connectivity index (χ0) is 15.9. The van der Waals surface area contributed by atoms with Crippen LogP contribution in [-0.2, 0) is 19.0 Å². The SMILES string of the molecule is CN(Cc1ccco1)c1nc(C(C)(C)C)nc2c1cnn2C. The Labute approximate surface area is 129 Å². The number of nitrogens with zero attached hydrogens (tertiary/aromatic N) is 5. The van der Waals surface area contributed by atoms with Gasteiger partial charge in [-0.1, -0.05) is 20.8 Å². The molecule has 0 N–H and O–H groups in total. The molecular weight excluding hydrogens is 278 g/mol. The molecule has 22 heavy (non-hydrogen) atoms. The Morgan fingerprint density at radius 3 is 2.68 bits per heavy atom. The highest BCUT2D eigenvalue weighted by Crippen LogP contribution is 2.28. The van der Waals surface area contributed by atoms with E-state index in [1.807, 2.05) is 32.4 Å². The summed E-state index contributed by atoms with van der Waals surface area (Å²) in [7, 11) is 3.90. The molecule has 0 saturated carbocycles. The van der Waals surface area contributed by atoms with Crippen molar-refractivity contribution in [1.82, 2.24) is 19.7 Å². The smallest absolute Gasteiger partial charge is 0.163 e. The second-order valence-electron chi connectivity index (χ2n) is 6.56. The summed E-state index contributed by atoms with van der Waals surface area (Å²) in [5, 5.41) is 5.27. The molecule has 0 aliphatic rings. The molecule has 0 unspecified atom stereocenters. The molecule has 116 valence electrons. The molecular formula is C16H21N5O. The molecule has 0 radical (unpaired) electrons. The average Bonchev–Trinajstić information content (AvgIpc) is 3.07. The Morgan fingerprint density at radius 1 is 1.27 bits per heavy atom. The first-order valence-corrected chi connectivity index (χ1v) is 7.30. The van der Waals surface area contributed by atoms with E-state index in [0.29, 0.717) is 6.54 Å². The van der Waals surface area contributed by atoms with Crippen LogP contribution < -0.4 is 4.90 Å². The fourth-order valence-electron chi connectivity index (χ4n) is 2.34. The highest BCUT2D eigenvalue weighted by Gasteiger charge is 2.22. The molecule has 6 nitrogen and oxygen atoms in total. The largest absolute Gasteiger partial charge is 0.467 e. The van der Waals surface area contributed by atoms with Crippen molar-refractivity contribution in [1.29, 1.82) is 0 Å². The number of rotatable bonds is 3. The summed E-state index contributed by atoms with van der Waals surface area (Å²) < 4.78 is 7.22. The van der Waals surface area contributed by atoms with E-state index in [4.69, 9.17) is 9.40 Å². The Kier molecular flexibility index (Phi) is 3.39. The molecule has 3 heterocycles. The molecule has 0 aromatic carbocycles. The first kappa shape index (κ1) is 14.6. The van der Waals surface area contributed by atoms with Crippen LogP contribution in [0.4, 0.5) is 5.82 Å². The zero-order valence-corrected chi connectivity index (χ0v) is 13.7. The molecule has 0 saturated heterocycles. The van der Waals surface area contributed by atoms with Gasteiger partial charge in [0, 0.05) is 19.5 Å². The predicted molar refractivity (Wildman–Crippen MR) is 85.8 cm³/mol. The highest BCUT2D eigenvalue weighted by atomic mass is 16.3.